The number of Topliss-reactive ketones (excluding diaryl/α,β-unsaturated/α-hetero) is 1. The first-order chi connectivity index (χ1) is 13.9. The van der Waals surface area contributed by atoms with E-state index in [9.17, 15) is 9.59 Å². The van der Waals surface area contributed by atoms with Gasteiger partial charge >= 0.3 is 0 Å². The van der Waals surface area contributed by atoms with E-state index in [4.69, 9.17) is 0 Å². The highest BCUT2D eigenvalue weighted by atomic mass is 16.2. The van der Waals surface area contributed by atoms with Gasteiger partial charge in [0.1, 0.15) is 0 Å². The number of hydrogen-bond acceptors (Lipinski definition) is 4. The molecule has 3 fully saturated rings. The fraction of sp³-hybridized carbons (Fsp3) is 0.739. The van der Waals surface area contributed by atoms with Crippen LogP contribution in [0.25, 0.3) is 0 Å². The number of piperidine rings is 1. The number of piperazine rings is 1. The molecule has 1 aromatic heterocycles. The summed E-state index contributed by atoms with van der Waals surface area (Å²) in [6.45, 7) is 11.7. The molecular weight excluding hydrogens is 364 g/mol. The van der Waals surface area contributed by atoms with Crippen molar-refractivity contribution in [3.63, 3.8) is 0 Å². The molecule has 160 valence electrons. The number of aryl methyl sites for hydroxylation is 1. The summed E-state index contributed by atoms with van der Waals surface area (Å²) in [5.74, 6) is 0.505. The molecule has 1 aromatic rings. The van der Waals surface area contributed by atoms with Crippen molar-refractivity contribution in [2.75, 3.05) is 45.8 Å². The van der Waals surface area contributed by atoms with Crippen LogP contribution in [0.15, 0.2) is 6.07 Å². The zero-order valence-corrected chi connectivity index (χ0v) is 18.3. The van der Waals surface area contributed by atoms with Gasteiger partial charge in [-0.3, -0.25) is 19.4 Å². The molecule has 6 heteroatoms. The molecule has 0 N–H and O–H groups in total. The fourth-order valence-corrected chi connectivity index (χ4v) is 5.10. The largest absolute Gasteiger partial charge is 0.345 e. The van der Waals surface area contributed by atoms with Crippen LogP contribution in [0.5, 0.6) is 0 Å². The number of ketones is 1. The summed E-state index contributed by atoms with van der Waals surface area (Å²) in [6.07, 6.45) is 5.97. The molecule has 3 heterocycles. The van der Waals surface area contributed by atoms with Crippen molar-refractivity contribution in [1.82, 2.24) is 19.3 Å². The summed E-state index contributed by atoms with van der Waals surface area (Å²) in [6, 6.07) is 3.06. The molecule has 1 saturated carbocycles. The number of hydrogen-bond donors (Lipinski definition) is 0. The van der Waals surface area contributed by atoms with Gasteiger partial charge in [0, 0.05) is 61.8 Å². The van der Waals surface area contributed by atoms with E-state index in [0.717, 1.165) is 56.8 Å². The van der Waals surface area contributed by atoms with Crippen molar-refractivity contribution < 1.29 is 9.59 Å². The van der Waals surface area contributed by atoms with Gasteiger partial charge in [0.2, 0.25) is 5.91 Å². The summed E-state index contributed by atoms with van der Waals surface area (Å²) < 4.78 is 2.35. The molecule has 0 spiro atoms. The molecule has 0 radical (unpaired) electrons. The molecule has 6 nitrogen and oxygen atoms in total. The van der Waals surface area contributed by atoms with Gasteiger partial charge in [-0.2, -0.15) is 0 Å². The van der Waals surface area contributed by atoms with Crippen molar-refractivity contribution in [1.29, 1.82) is 0 Å². The molecule has 0 bridgehead atoms. The van der Waals surface area contributed by atoms with Gasteiger partial charge < -0.3 is 9.47 Å². The lowest BCUT2D eigenvalue weighted by atomic mass is 10.0. The van der Waals surface area contributed by atoms with Crippen LogP contribution in [0.1, 0.15) is 66.8 Å². The van der Waals surface area contributed by atoms with E-state index < -0.39 is 0 Å². The Morgan fingerprint density at radius 2 is 1.59 bits per heavy atom. The first kappa shape index (κ1) is 20.6. The van der Waals surface area contributed by atoms with E-state index in [1.807, 2.05) is 0 Å². The van der Waals surface area contributed by atoms with E-state index in [-0.39, 0.29) is 11.7 Å². The first-order valence-electron chi connectivity index (χ1n) is 11.4. The number of rotatable bonds is 6. The third-order valence-corrected chi connectivity index (χ3v) is 7.01. The van der Waals surface area contributed by atoms with E-state index in [1.165, 1.54) is 25.0 Å². The zero-order valence-electron chi connectivity index (χ0n) is 18.3. The standard InChI is InChI=1S/C23H36N4O2/c1-17-6-4-5-9-26(17)23(29)16-25-12-10-24(11-13-25)15-22(28)21-14-18(2)27(19(21)3)20-7-8-20/h14,17,20H,4-13,15-16H2,1-3H3. The van der Waals surface area contributed by atoms with Crippen LogP contribution in [0.2, 0.25) is 0 Å². The quantitative estimate of drug-likeness (QED) is 0.689. The lowest BCUT2D eigenvalue weighted by molar-refractivity contribution is -0.136. The predicted molar refractivity (Wildman–Crippen MR) is 114 cm³/mol. The van der Waals surface area contributed by atoms with Gasteiger partial charge in [0.25, 0.3) is 0 Å². The monoisotopic (exact) mass is 400 g/mol. The van der Waals surface area contributed by atoms with Crippen LogP contribution >= 0.6 is 0 Å². The van der Waals surface area contributed by atoms with Crippen molar-refractivity contribution in [2.45, 2.75) is 65.0 Å². The van der Waals surface area contributed by atoms with Crippen LogP contribution in [0.3, 0.4) is 0 Å². The maximum atomic E-state index is 12.9. The zero-order chi connectivity index (χ0) is 20.5. The summed E-state index contributed by atoms with van der Waals surface area (Å²) in [4.78, 5) is 32.1. The minimum absolute atomic E-state index is 0.233. The summed E-state index contributed by atoms with van der Waals surface area (Å²) in [7, 11) is 0. The van der Waals surface area contributed by atoms with Crippen LogP contribution in [0, 0.1) is 13.8 Å². The Labute approximate surface area is 174 Å². The highest BCUT2D eigenvalue weighted by molar-refractivity contribution is 5.99. The maximum Gasteiger partial charge on any atom is 0.236 e. The number of carbonyl (C=O) groups excluding carboxylic acids is 2. The maximum absolute atomic E-state index is 12.9. The third kappa shape index (κ3) is 4.58. The first-order valence-corrected chi connectivity index (χ1v) is 11.4. The molecule has 1 atom stereocenters. The second-order valence-corrected chi connectivity index (χ2v) is 9.29. The Morgan fingerprint density at radius 3 is 2.21 bits per heavy atom. The highest BCUT2D eigenvalue weighted by Gasteiger charge is 2.30. The normalized spacial score (nSPS) is 24.1. The molecule has 2 saturated heterocycles. The van der Waals surface area contributed by atoms with Crippen LogP contribution in [-0.2, 0) is 4.79 Å². The molecule has 4 rings (SSSR count). The summed E-state index contributed by atoms with van der Waals surface area (Å²) in [5.41, 5.74) is 3.24. The Bertz CT molecular complexity index is 759. The Morgan fingerprint density at radius 1 is 0.931 bits per heavy atom. The second kappa shape index (κ2) is 8.60. The molecule has 3 aliphatic rings. The van der Waals surface area contributed by atoms with E-state index in [0.29, 0.717) is 25.2 Å². The average molecular weight is 401 g/mol. The number of aromatic nitrogens is 1. The number of carbonyl (C=O) groups is 2. The number of amides is 1. The predicted octanol–water partition coefficient (Wildman–Crippen LogP) is 2.64. The van der Waals surface area contributed by atoms with E-state index in [1.54, 1.807) is 0 Å². The SMILES string of the molecule is Cc1cc(C(=O)CN2CCN(CC(=O)N3CCCCC3C)CC2)c(C)n1C1CC1. The van der Waals surface area contributed by atoms with Crippen LogP contribution in [-0.4, -0.2) is 82.8 Å². The highest BCUT2D eigenvalue weighted by Crippen LogP contribution is 2.38. The molecule has 1 amide bonds. The van der Waals surface area contributed by atoms with Gasteiger partial charge in [-0.1, -0.05) is 0 Å². The van der Waals surface area contributed by atoms with Crippen molar-refractivity contribution in [2.24, 2.45) is 0 Å². The van der Waals surface area contributed by atoms with Crippen molar-refractivity contribution >= 4 is 11.7 Å². The minimum atomic E-state index is 0.233. The molecule has 1 unspecified atom stereocenters. The lowest BCUT2D eigenvalue weighted by Crippen LogP contribution is -2.52. The average Bonchev–Trinajstić information content (AvgIpc) is 3.48. The number of nitrogens with zero attached hydrogens (tertiary/aromatic N) is 4. The summed E-state index contributed by atoms with van der Waals surface area (Å²) in [5, 5.41) is 0. The van der Waals surface area contributed by atoms with Gasteiger partial charge in [0.05, 0.1) is 13.1 Å². The lowest BCUT2D eigenvalue weighted by Gasteiger charge is -2.37. The van der Waals surface area contributed by atoms with Crippen LogP contribution < -0.4 is 0 Å². The smallest absolute Gasteiger partial charge is 0.236 e. The third-order valence-electron chi connectivity index (χ3n) is 7.01. The Balaban J connectivity index is 1.26. The van der Waals surface area contributed by atoms with Crippen molar-refractivity contribution in [3.05, 3.63) is 23.0 Å². The summed E-state index contributed by atoms with van der Waals surface area (Å²) >= 11 is 0. The van der Waals surface area contributed by atoms with Gasteiger partial charge in [-0.05, 0) is 58.9 Å². The molecule has 0 aromatic carbocycles. The topological polar surface area (TPSA) is 48.8 Å². The second-order valence-electron chi connectivity index (χ2n) is 9.29. The Kier molecular flexibility index (Phi) is 6.11. The molecule has 2 aliphatic heterocycles. The fourth-order valence-electron chi connectivity index (χ4n) is 5.10. The van der Waals surface area contributed by atoms with E-state index in [2.05, 4.69) is 46.1 Å². The van der Waals surface area contributed by atoms with Gasteiger partial charge in [-0.15, -0.1) is 0 Å². The van der Waals surface area contributed by atoms with Crippen molar-refractivity contribution in [3.8, 4) is 0 Å². The molecular formula is C23H36N4O2. The van der Waals surface area contributed by atoms with Gasteiger partial charge in [-0.25, -0.2) is 0 Å². The molecule has 29 heavy (non-hydrogen) atoms. The minimum Gasteiger partial charge on any atom is -0.345 e. The van der Waals surface area contributed by atoms with E-state index >= 15 is 0 Å². The molecule has 1 aliphatic carbocycles. The van der Waals surface area contributed by atoms with Gasteiger partial charge in [0.15, 0.2) is 5.78 Å². The Hall–Kier alpha value is -1.66. The number of likely N-dealkylation sites (tertiary alicyclic amines) is 1. The van der Waals surface area contributed by atoms with Crippen LogP contribution in [0.4, 0.5) is 0 Å².